The minimum absolute atomic E-state index is 0.0435. The summed E-state index contributed by atoms with van der Waals surface area (Å²) in [6.07, 6.45) is 6.76. The Morgan fingerprint density at radius 2 is 2.00 bits per heavy atom. The molecule has 32 heavy (non-hydrogen) atoms. The standard InChI is InChI=1S/C23H22N8S/c1-4-5-6-17-12(2)7-18(32-17)16-9-15(8-14(11-25)20(16)26)29-22-19(13(3)10-24)21(27)30-23(28)31-22/h4-9,11,25H,1,3,26H2,2H3,(H5,27,28,29,30,31)/b6-5-,25-11?. The van der Waals surface area contributed by atoms with Crippen molar-refractivity contribution in [2.24, 2.45) is 0 Å². The molecule has 0 spiro atoms. The van der Waals surface area contributed by atoms with Crippen LogP contribution < -0.4 is 22.5 Å². The number of nitrogens with zero attached hydrogens (tertiary/aromatic N) is 3. The van der Waals surface area contributed by atoms with Crippen molar-refractivity contribution in [1.82, 2.24) is 9.97 Å². The largest absolute Gasteiger partial charge is 0.398 e. The summed E-state index contributed by atoms with van der Waals surface area (Å²) >= 11 is 1.58. The van der Waals surface area contributed by atoms with Gasteiger partial charge in [-0.1, -0.05) is 25.3 Å². The van der Waals surface area contributed by atoms with E-state index in [1.165, 1.54) is 6.21 Å². The number of anilines is 5. The molecule has 2 heterocycles. The first-order chi connectivity index (χ1) is 15.3. The number of aryl methyl sites for hydroxylation is 1. The molecule has 0 saturated heterocycles. The molecule has 0 atom stereocenters. The summed E-state index contributed by atoms with van der Waals surface area (Å²) in [5.41, 5.74) is 21.9. The van der Waals surface area contributed by atoms with E-state index in [0.29, 0.717) is 16.9 Å². The summed E-state index contributed by atoms with van der Waals surface area (Å²) in [6.45, 7) is 9.44. The van der Waals surface area contributed by atoms with E-state index in [4.69, 9.17) is 22.6 Å². The molecule has 0 radical (unpaired) electrons. The van der Waals surface area contributed by atoms with Crippen LogP contribution >= 0.6 is 11.3 Å². The van der Waals surface area contributed by atoms with Gasteiger partial charge in [-0.2, -0.15) is 15.2 Å². The van der Waals surface area contributed by atoms with Crippen molar-refractivity contribution < 1.29 is 0 Å². The Labute approximate surface area is 189 Å². The molecule has 8 N–H and O–H groups in total. The molecule has 3 rings (SSSR count). The van der Waals surface area contributed by atoms with Gasteiger partial charge in [0.15, 0.2) is 0 Å². The zero-order valence-electron chi connectivity index (χ0n) is 17.4. The second kappa shape index (κ2) is 9.16. The fraction of sp³-hybridized carbons (Fsp3) is 0.0435. The molecule has 0 amide bonds. The van der Waals surface area contributed by atoms with Gasteiger partial charge >= 0.3 is 0 Å². The number of nitriles is 1. The third-order valence-corrected chi connectivity index (χ3v) is 5.86. The third kappa shape index (κ3) is 4.35. The monoisotopic (exact) mass is 442 g/mol. The molecule has 0 fully saturated rings. The fourth-order valence-electron chi connectivity index (χ4n) is 3.10. The van der Waals surface area contributed by atoms with Gasteiger partial charge in [0.25, 0.3) is 0 Å². The van der Waals surface area contributed by atoms with Gasteiger partial charge in [0.2, 0.25) is 5.95 Å². The van der Waals surface area contributed by atoms with Crippen LogP contribution in [0.3, 0.4) is 0 Å². The SMILES string of the molecule is C=C/C=C\c1sc(-c2cc(Nc3nc(N)nc(N)c3C(=C)C#N)cc(C=N)c2N)cc1C. The van der Waals surface area contributed by atoms with Gasteiger partial charge in [-0.15, -0.1) is 11.3 Å². The lowest BCUT2D eigenvalue weighted by molar-refractivity contribution is 1.18. The Morgan fingerprint density at radius 3 is 2.66 bits per heavy atom. The van der Waals surface area contributed by atoms with Crippen molar-refractivity contribution in [2.45, 2.75) is 6.92 Å². The van der Waals surface area contributed by atoms with E-state index >= 15 is 0 Å². The Bertz CT molecular complexity index is 1310. The average molecular weight is 443 g/mol. The Hall–Kier alpha value is -4.42. The first kappa shape index (κ1) is 22.3. The molecule has 2 aromatic heterocycles. The minimum Gasteiger partial charge on any atom is -0.398 e. The zero-order valence-corrected chi connectivity index (χ0v) is 18.3. The van der Waals surface area contributed by atoms with E-state index in [1.807, 2.05) is 37.3 Å². The maximum Gasteiger partial charge on any atom is 0.223 e. The second-order valence-corrected chi connectivity index (χ2v) is 7.91. The number of benzene rings is 1. The number of aromatic nitrogens is 2. The van der Waals surface area contributed by atoms with Crippen molar-refractivity contribution in [3.05, 3.63) is 65.1 Å². The maximum absolute atomic E-state index is 9.30. The van der Waals surface area contributed by atoms with Crippen LogP contribution in [0.15, 0.2) is 43.5 Å². The molecule has 9 heteroatoms. The number of thiophene rings is 1. The van der Waals surface area contributed by atoms with E-state index in [2.05, 4.69) is 28.4 Å². The summed E-state index contributed by atoms with van der Waals surface area (Å²) in [6, 6.07) is 7.56. The molecular weight excluding hydrogens is 420 g/mol. The summed E-state index contributed by atoms with van der Waals surface area (Å²) in [7, 11) is 0. The van der Waals surface area contributed by atoms with E-state index < -0.39 is 0 Å². The molecule has 0 aliphatic rings. The van der Waals surface area contributed by atoms with Crippen molar-refractivity contribution in [3.8, 4) is 16.5 Å². The van der Waals surface area contributed by atoms with Gasteiger partial charge in [-0.05, 0) is 36.8 Å². The number of hydrogen-bond donors (Lipinski definition) is 5. The first-order valence-corrected chi connectivity index (χ1v) is 10.2. The number of allylic oxidation sites excluding steroid dienone is 3. The third-order valence-electron chi connectivity index (χ3n) is 4.63. The molecular formula is C23H22N8S. The van der Waals surface area contributed by atoms with Crippen LogP contribution in [0.5, 0.6) is 0 Å². The van der Waals surface area contributed by atoms with Crippen molar-refractivity contribution in [2.75, 3.05) is 22.5 Å². The second-order valence-electron chi connectivity index (χ2n) is 6.83. The van der Waals surface area contributed by atoms with Crippen LogP contribution in [-0.4, -0.2) is 16.2 Å². The van der Waals surface area contributed by atoms with Crippen LogP contribution in [0, 0.1) is 23.7 Å². The Kier molecular flexibility index (Phi) is 6.37. The van der Waals surface area contributed by atoms with Gasteiger partial charge in [-0.25, -0.2) is 0 Å². The van der Waals surface area contributed by atoms with Gasteiger partial charge in [0, 0.05) is 38.5 Å². The Morgan fingerprint density at radius 1 is 1.25 bits per heavy atom. The number of nitrogens with two attached hydrogens (primary N) is 3. The number of rotatable bonds is 7. The maximum atomic E-state index is 9.30. The molecule has 0 saturated carbocycles. The van der Waals surface area contributed by atoms with Crippen molar-refractivity contribution in [1.29, 1.82) is 10.7 Å². The quantitative estimate of drug-likeness (QED) is 0.153. The summed E-state index contributed by atoms with van der Waals surface area (Å²) in [5.74, 6) is 0.238. The number of nitrogen functional groups attached to an aromatic ring is 3. The molecule has 0 aliphatic carbocycles. The predicted molar refractivity (Wildman–Crippen MR) is 135 cm³/mol. The lowest BCUT2D eigenvalue weighted by Gasteiger charge is -2.15. The number of nitrogens with one attached hydrogen (secondary N) is 2. The van der Waals surface area contributed by atoms with Crippen molar-refractivity contribution >= 4 is 58.2 Å². The Balaban J connectivity index is 2.15. The van der Waals surface area contributed by atoms with Gasteiger partial charge in [0.05, 0.1) is 17.2 Å². The number of hydrogen-bond acceptors (Lipinski definition) is 9. The van der Waals surface area contributed by atoms with Crippen LogP contribution in [0.2, 0.25) is 0 Å². The topological polar surface area (TPSA) is 164 Å². The van der Waals surface area contributed by atoms with Crippen LogP contribution in [-0.2, 0) is 0 Å². The lowest BCUT2D eigenvalue weighted by atomic mass is 10.0. The van der Waals surface area contributed by atoms with E-state index in [9.17, 15) is 5.26 Å². The lowest BCUT2D eigenvalue weighted by Crippen LogP contribution is -2.08. The predicted octanol–water partition coefficient (Wildman–Crippen LogP) is 4.74. The molecule has 0 bridgehead atoms. The minimum atomic E-state index is -0.0463. The fourth-order valence-corrected chi connectivity index (χ4v) is 4.22. The summed E-state index contributed by atoms with van der Waals surface area (Å²) in [4.78, 5) is 10.1. The highest BCUT2D eigenvalue weighted by molar-refractivity contribution is 7.16. The van der Waals surface area contributed by atoms with E-state index in [-0.39, 0.29) is 28.7 Å². The van der Waals surface area contributed by atoms with Crippen molar-refractivity contribution in [3.63, 3.8) is 0 Å². The highest BCUT2D eigenvalue weighted by Crippen LogP contribution is 2.39. The average Bonchev–Trinajstić information content (AvgIpc) is 3.12. The van der Waals surface area contributed by atoms with E-state index in [0.717, 1.165) is 20.9 Å². The molecule has 3 aromatic rings. The summed E-state index contributed by atoms with van der Waals surface area (Å²) in [5, 5.41) is 20.2. The summed E-state index contributed by atoms with van der Waals surface area (Å²) < 4.78 is 0. The highest BCUT2D eigenvalue weighted by atomic mass is 32.1. The molecule has 160 valence electrons. The zero-order chi connectivity index (χ0) is 23.4. The van der Waals surface area contributed by atoms with Gasteiger partial charge in [0.1, 0.15) is 11.6 Å². The van der Waals surface area contributed by atoms with Crippen LogP contribution in [0.1, 0.15) is 21.6 Å². The molecule has 0 unspecified atom stereocenters. The van der Waals surface area contributed by atoms with Crippen LogP contribution in [0.25, 0.3) is 22.1 Å². The normalized spacial score (nSPS) is 10.6. The highest BCUT2D eigenvalue weighted by Gasteiger charge is 2.17. The van der Waals surface area contributed by atoms with Crippen LogP contribution in [0.4, 0.5) is 29.0 Å². The smallest absolute Gasteiger partial charge is 0.223 e. The van der Waals surface area contributed by atoms with Gasteiger partial charge in [-0.3, -0.25) is 0 Å². The molecule has 1 aromatic carbocycles. The molecule has 0 aliphatic heterocycles. The first-order valence-electron chi connectivity index (χ1n) is 9.42. The van der Waals surface area contributed by atoms with E-state index in [1.54, 1.807) is 23.5 Å². The van der Waals surface area contributed by atoms with Gasteiger partial charge < -0.3 is 27.9 Å². The molecule has 8 nitrogen and oxygen atoms in total.